The second-order valence-electron chi connectivity index (χ2n) is 8.09. The van der Waals surface area contributed by atoms with Crippen LogP contribution in [0, 0.1) is 29.6 Å². The van der Waals surface area contributed by atoms with Crippen LogP contribution in [-0.4, -0.2) is 40.6 Å². The van der Waals surface area contributed by atoms with E-state index in [1.165, 1.54) is 0 Å². The Morgan fingerprint density at radius 2 is 1.92 bits per heavy atom. The standard InChI is InChI=1S/C18H25IO6/c1-9(8-18(2,3)19)15(20)24-5-4-23-12-7-10-6-11(12)14-13(10)16(21)25-17(14)22/h9-14H,4-8H2,1-3H3. The molecular weight excluding hydrogens is 439 g/mol. The lowest BCUT2D eigenvalue weighted by Gasteiger charge is -2.27. The molecule has 0 aromatic heterocycles. The Kier molecular flexibility index (Phi) is 5.44. The zero-order valence-corrected chi connectivity index (χ0v) is 17.0. The van der Waals surface area contributed by atoms with E-state index in [-0.39, 0.29) is 57.7 Å². The van der Waals surface area contributed by atoms with Crippen molar-refractivity contribution in [1.82, 2.24) is 0 Å². The van der Waals surface area contributed by atoms with Crippen molar-refractivity contribution in [2.24, 2.45) is 29.6 Å². The molecule has 6 nitrogen and oxygen atoms in total. The van der Waals surface area contributed by atoms with E-state index in [0.29, 0.717) is 6.61 Å². The molecule has 0 radical (unpaired) electrons. The molecule has 3 aliphatic rings. The third-order valence-electron chi connectivity index (χ3n) is 5.54. The van der Waals surface area contributed by atoms with Crippen LogP contribution in [0.3, 0.4) is 0 Å². The average Bonchev–Trinajstić information content (AvgIpc) is 3.14. The van der Waals surface area contributed by atoms with Crippen LogP contribution in [0.2, 0.25) is 0 Å². The quantitative estimate of drug-likeness (QED) is 0.190. The molecule has 3 rings (SSSR count). The molecule has 0 spiro atoms. The number of carbonyl (C=O) groups excluding carboxylic acids is 3. The van der Waals surface area contributed by atoms with Gasteiger partial charge in [-0.1, -0.05) is 43.4 Å². The first-order chi connectivity index (χ1) is 11.7. The number of hydrogen-bond acceptors (Lipinski definition) is 6. The molecule has 1 aliphatic heterocycles. The minimum atomic E-state index is -0.391. The van der Waals surface area contributed by atoms with E-state index in [1.54, 1.807) is 0 Å². The van der Waals surface area contributed by atoms with Crippen molar-refractivity contribution in [1.29, 1.82) is 0 Å². The number of carbonyl (C=O) groups is 3. The van der Waals surface area contributed by atoms with Gasteiger partial charge in [0.1, 0.15) is 6.61 Å². The second kappa shape index (κ2) is 7.13. The van der Waals surface area contributed by atoms with Crippen molar-refractivity contribution in [2.45, 2.75) is 49.6 Å². The van der Waals surface area contributed by atoms with E-state index in [9.17, 15) is 14.4 Å². The molecule has 1 saturated heterocycles. The smallest absolute Gasteiger partial charge is 0.317 e. The van der Waals surface area contributed by atoms with Gasteiger partial charge < -0.3 is 14.2 Å². The topological polar surface area (TPSA) is 78.9 Å². The van der Waals surface area contributed by atoms with E-state index in [4.69, 9.17) is 14.2 Å². The van der Waals surface area contributed by atoms with Gasteiger partial charge in [0.15, 0.2) is 0 Å². The fourth-order valence-corrected chi connectivity index (χ4v) is 5.34. The van der Waals surface area contributed by atoms with Crippen molar-refractivity contribution < 1.29 is 28.6 Å². The molecule has 0 aromatic rings. The number of alkyl halides is 1. The van der Waals surface area contributed by atoms with Gasteiger partial charge >= 0.3 is 17.9 Å². The minimum Gasteiger partial charge on any atom is -0.463 e. The Morgan fingerprint density at radius 3 is 2.60 bits per heavy atom. The predicted octanol–water partition coefficient (Wildman–Crippen LogP) is 2.51. The van der Waals surface area contributed by atoms with Crippen molar-refractivity contribution in [3.63, 3.8) is 0 Å². The maximum absolute atomic E-state index is 12.0. The Labute approximate surface area is 161 Å². The zero-order valence-electron chi connectivity index (χ0n) is 14.8. The average molecular weight is 464 g/mol. The van der Waals surface area contributed by atoms with Gasteiger partial charge in [-0.15, -0.1) is 0 Å². The number of halogens is 1. The summed E-state index contributed by atoms with van der Waals surface area (Å²) in [5.41, 5.74) is 0. The molecule has 1 heterocycles. The summed E-state index contributed by atoms with van der Waals surface area (Å²) in [6, 6.07) is 0. The molecule has 2 aliphatic carbocycles. The summed E-state index contributed by atoms with van der Waals surface area (Å²) in [6.07, 6.45) is 2.34. The number of fused-ring (bicyclic) bond motifs is 5. The van der Waals surface area contributed by atoms with Crippen molar-refractivity contribution in [3.8, 4) is 0 Å². The van der Waals surface area contributed by atoms with Crippen LogP contribution in [0.1, 0.15) is 40.0 Å². The lowest BCUT2D eigenvalue weighted by Crippen LogP contribution is -2.35. The van der Waals surface area contributed by atoms with Gasteiger partial charge in [0.25, 0.3) is 0 Å². The van der Waals surface area contributed by atoms with Crippen LogP contribution in [0.15, 0.2) is 0 Å². The molecule has 140 valence electrons. The van der Waals surface area contributed by atoms with Gasteiger partial charge in [0.05, 0.1) is 30.5 Å². The molecule has 3 fully saturated rings. The molecule has 6 unspecified atom stereocenters. The van der Waals surface area contributed by atoms with Gasteiger partial charge in [0, 0.05) is 3.42 Å². The summed E-state index contributed by atoms with van der Waals surface area (Å²) in [4.78, 5) is 35.6. The molecule has 2 bridgehead atoms. The number of hydrogen-bond donors (Lipinski definition) is 0. The monoisotopic (exact) mass is 464 g/mol. The maximum Gasteiger partial charge on any atom is 0.317 e. The van der Waals surface area contributed by atoms with E-state index in [2.05, 4.69) is 36.4 Å². The van der Waals surface area contributed by atoms with Gasteiger partial charge in [-0.05, 0) is 31.1 Å². The Hall–Kier alpha value is -0.700. The fourth-order valence-electron chi connectivity index (χ4n) is 4.68. The molecule has 2 saturated carbocycles. The SMILES string of the molecule is CC(CC(C)(C)I)C(=O)OCCOC1CC2CC1C1C(=O)OC(=O)C21. The van der Waals surface area contributed by atoms with Crippen LogP contribution < -0.4 is 0 Å². The summed E-state index contributed by atoms with van der Waals surface area (Å²) >= 11 is 2.33. The van der Waals surface area contributed by atoms with Gasteiger partial charge in [0.2, 0.25) is 0 Å². The highest BCUT2D eigenvalue weighted by atomic mass is 127. The molecule has 25 heavy (non-hydrogen) atoms. The third kappa shape index (κ3) is 4.02. The largest absolute Gasteiger partial charge is 0.463 e. The molecule has 0 aromatic carbocycles. The van der Waals surface area contributed by atoms with Crippen LogP contribution in [0.4, 0.5) is 0 Å². The van der Waals surface area contributed by atoms with Gasteiger partial charge in [-0.25, -0.2) is 0 Å². The number of rotatable bonds is 7. The number of esters is 3. The fraction of sp³-hybridized carbons (Fsp3) is 0.833. The van der Waals surface area contributed by atoms with Gasteiger partial charge in [-0.3, -0.25) is 14.4 Å². The number of ether oxygens (including phenoxy) is 3. The van der Waals surface area contributed by atoms with Crippen LogP contribution in [0.25, 0.3) is 0 Å². The second-order valence-corrected chi connectivity index (χ2v) is 11.0. The van der Waals surface area contributed by atoms with Crippen molar-refractivity contribution in [2.75, 3.05) is 13.2 Å². The Morgan fingerprint density at radius 1 is 1.24 bits per heavy atom. The van der Waals surface area contributed by atoms with Crippen LogP contribution in [-0.2, 0) is 28.6 Å². The molecular formula is C18H25IO6. The third-order valence-corrected chi connectivity index (χ3v) is 5.98. The Bertz CT molecular complexity index is 568. The lowest BCUT2D eigenvalue weighted by atomic mass is 9.79. The lowest BCUT2D eigenvalue weighted by molar-refractivity contribution is -0.155. The first-order valence-electron chi connectivity index (χ1n) is 8.90. The molecule has 7 heteroatoms. The van der Waals surface area contributed by atoms with E-state index in [0.717, 1.165) is 19.3 Å². The van der Waals surface area contributed by atoms with E-state index >= 15 is 0 Å². The number of cyclic esters (lactones) is 2. The molecule has 0 N–H and O–H groups in total. The van der Waals surface area contributed by atoms with Crippen molar-refractivity contribution >= 4 is 40.5 Å². The molecule has 0 amide bonds. The highest BCUT2D eigenvalue weighted by molar-refractivity contribution is 14.1. The Balaban J connectivity index is 1.40. The minimum absolute atomic E-state index is 0.0471. The summed E-state index contributed by atoms with van der Waals surface area (Å²) in [5.74, 6) is -1.44. The van der Waals surface area contributed by atoms with E-state index < -0.39 is 5.97 Å². The van der Waals surface area contributed by atoms with Crippen molar-refractivity contribution in [3.05, 3.63) is 0 Å². The zero-order chi connectivity index (χ0) is 18.4. The first-order valence-corrected chi connectivity index (χ1v) is 9.98. The highest BCUT2D eigenvalue weighted by Gasteiger charge is 2.63. The summed E-state index contributed by atoms with van der Waals surface area (Å²) < 4.78 is 16.0. The highest BCUT2D eigenvalue weighted by Crippen LogP contribution is 2.56. The maximum atomic E-state index is 12.0. The van der Waals surface area contributed by atoms with E-state index in [1.807, 2.05) is 6.92 Å². The van der Waals surface area contributed by atoms with Crippen LogP contribution >= 0.6 is 22.6 Å². The normalized spacial score (nSPS) is 34.8. The summed E-state index contributed by atoms with van der Waals surface area (Å²) in [5, 5.41) is 0. The van der Waals surface area contributed by atoms with Crippen LogP contribution in [0.5, 0.6) is 0 Å². The summed E-state index contributed by atoms with van der Waals surface area (Å²) in [6.45, 7) is 6.59. The molecule has 6 atom stereocenters. The van der Waals surface area contributed by atoms with Gasteiger partial charge in [-0.2, -0.15) is 0 Å². The predicted molar refractivity (Wildman–Crippen MR) is 96.9 cm³/mol. The summed E-state index contributed by atoms with van der Waals surface area (Å²) in [7, 11) is 0. The first kappa shape index (κ1) is 19.1.